The molecule has 3 heterocycles. The summed E-state index contributed by atoms with van der Waals surface area (Å²) in [6.45, 7) is 0.124. The van der Waals surface area contributed by atoms with E-state index in [1.54, 1.807) is 60.9 Å². The summed E-state index contributed by atoms with van der Waals surface area (Å²) in [6, 6.07) is 13.0. The molecule has 1 aromatic heterocycles. The molecule has 2 aromatic carbocycles. The van der Waals surface area contributed by atoms with Gasteiger partial charge in [0.25, 0.3) is 0 Å². The van der Waals surface area contributed by atoms with Crippen molar-refractivity contribution in [1.29, 1.82) is 0 Å². The number of rotatable bonds is 3. The molecule has 0 radical (unpaired) electrons. The van der Waals surface area contributed by atoms with Crippen molar-refractivity contribution < 1.29 is 28.5 Å². The molecular formula is C22H13NO6. The van der Waals surface area contributed by atoms with E-state index < -0.39 is 5.97 Å². The Labute approximate surface area is 165 Å². The Morgan fingerprint density at radius 1 is 0.966 bits per heavy atom. The van der Waals surface area contributed by atoms with Gasteiger partial charge in [0.15, 0.2) is 17.3 Å². The van der Waals surface area contributed by atoms with Gasteiger partial charge in [0, 0.05) is 18.5 Å². The second-order valence-corrected chi connectivity index (χ2v) is 6.34. The Morgan fingerprint density at radius 2 is 1.79 bits per heavy atom. The van der Waals surface area contributed by atoms with Crippen LogP contribution >= 0.6 is 0 Å². The van der Waals surface area contributed by atoms with Gasteiger partial charge in [0.1, 0.15) is 11.5 Å². The number of pyridine rings is 1. The zero-order valence-electron chi connectivity index (χ0n) is 15.0. The van der Waals surface area contributed by atoms with E-state index in [0.717, 1.165) is 5.56 Å². The van der Waals surface area contributed by atoms with Gasteiger partial charge in [-0.05, 0) is 54.1 Å². The van der Waals surface area contributed by atoms with E-state index >= 15 is 0 Å². The summed E-state index contributed by atoms with van der Waals surface area (Å²) < 4.78 is 21.6. The quantitative estimate of drug-likeness (QED) is 0.385. The Bertz CT molecular complexity index is 1170. The Balaban J connectivity index is 1.36. The summed E-state index contributed by atoms with van der Waals surface area (Å²) in [5.41, 5.74) is 1.53. The summed E-state index contributed by atoms with van der Waals surface area (Å²) in [5, 5.41) is 0. The highest BCUT2D eigenvalue weighted by Gasteiger charge is 2.28. The third kappa shape index (κ3) is 3.19. The first-order valence-corrected chi connectivity index (χ1v) is 8.77. The number of allylic oxidation sites excluding steroid dienone is 1. The number of carbonyl (C=O) groups is 2. The average molecular weight is 387 g/mol. The van der Waals surface area contributed by atoms with E-state index in [2.05, 4.69) is 4.98 Å². The van der Waals surface area contributed by atoms with E-state index in [0.29, 0.717) is 28.4 Å². The number of Topliss-reactive ketones (excluding diaryl/α,β-unsaturated/α-hetero) is 1. The molecule has 0 unspecified atom stereocenters. The van der Waals surface area contributed by atoms with Crippen LogP contribution in [0, 0.1) is 0 Å². The van der Waals surface area contributed by atoms with Crippen LogP contribution in [0.5, 0.6) is 23.0 Å². The maximum atomic E-state index is 12.5. The molecule has 5 rings (SSSR count). The lowest BCUT2D eigenvalue weighted by Gasteiger charge is -2.06. The van der Waals surface area contributed by atoms with E-state index in [1.807, 2.05) is 0 Å². The molecule has 0 saturated heterocycles. The van der Waals surface area contributed by atoms with Gasteiger partial charge in [0.2, 0.25) is 12.6 Å². The fraction of sp³-hybridized carbons (Fsp3) is 0.0455. The van der Waals surface area contributed by atoms with E-state index in [4.69, 9.17) is 18.9 Å². The molecule has 29 heavy (non-hydrogen) atoms. The molecule has 0 fully saturated rings. The first-order valence-electron chi connectivity index (χ1n) is 8.77. The van der Waals surface area contributed by atoms with Crippen molar-refractivity contribution in [2.75, 3.05) is 6.79 Å². The Hall–Kier alpha value is -4.13. The van der Waals surface area contributed by atoms with Crippen LogP contribution in [0.2, 0.25) is 0 Å². The SMILES string of the molecule is O=C(Oc1ccc2c(c1)O/C(=C\c1ccncc1)C2=O)c1ccc2c(c1)OCO2. The van der Waals surface area contributed by atoms with Crippen molar-refractivity contribution in [2.45, 2.75) is 0 Å². The third-order valence-corrected chi connectivity index (χ3v) is 4.46. The lowest BCUT2D eigenvalue weighted by Crippen LogP contribution is -2.08. The molecule has 0 spiro atoms. The summed E-state index contributed by atoms with van der Waals surface area (Å²) in [5.74, 6) is 1.10. The van der Waals surface area contributed by atoms with Crippen molar-refractivity contribution in [3.05, 3.63) is 83.4 Å². The summed E-state index contributed by atoms with van der Waals surface area (Å²) in [4.78, 5) is 28.9. The van der Waals surface area contributed by atoms with E-state index in [9.17, 15) is 9.59 Å². The Morgan fingerprint density at radius 3 is 2.66 bits per heavy atom. The van der Waals surface area contributed by atoms with Gasteiger partial charge in [0.05, 0.1) is 11.1 Å². The topological polar surface area (TPSA) is 84.0 Å². The van der Waals surface area contributed by atoms with Crippen LogP contribution in [0.1, 0.15) is 26.3 Å². The second kappa shape index (κ2) is 6.79. The largest absolute Gasteiger partial charge is 0.454 e. The van der Waals surface area contributed by atoms with Crippen molar-refractivity contribution in [1.82, 2.24) is 4.98 Å². The highest BCUT2D eigenvalue weighted by Crippen LogP contribution is 2.36. The molecular weight excluding hydrogens is 374 g/mol. The molecule has 2 aliphatic rings. The fourth-order valence-electron chi connectivity index (χ4n) is 3.03. The molecule has 2 aliphatic heterocycles. The smallest absolute Gasteiger partial charge is 0.343 e. The normalized spacial score (nSPS) is 15.2. The number of benzene rings is 2. The summed E-state index contributed by atoms with van der Waals surface area (Å²) >= 11 is 0. The minimum atomic E-state index is -0.555. The van der Waals surface area contributed by atoms with Crippen molar-refractivity contribution in [3.8, 4) is 23.0 Å². The lowest BCUT2D eigenvalue weighted by molar-refractivity contribution is 0.0734. The number of esters is 1. The van der Waals surface area contributed by atoms with Gasteiger partial charge in [-0.3, -0.25) is 9.78 Å². The van der Waals surface area contributed by atoms with Crippen LogP contribution in [0.25, 0.3) is 6.08 Å². The molecule has 0 bridgehead atoms. The van der Waals surface area contributed by atoms with E-state index in [1.165, 1.54) is 6.07 Å². The number of hydrogen-bond donors (Lipinski definition) is 0. The number of fused-ring (bicyclic) bond motifs is 2. The zero-order chi connectivity index (χ0) is 19.8. The van der Waals surface area contributed by atoms with Gasteiger partial charge in [-0.25, -0.2) is 4.79 Å². The molecule has 0 saturated carbocycles. The van der Waals surface area contributed by atoms with Gasteiger partial charge < -0.3 is 18.9 Å². The molecule has 0 N–H and O–H groups in total. The average Bonchev–Trinajstić information content (AvgIpc) is 3.33. The summed E-state index contributed by atoms with van der Waals surface area (Å²) in [6.07, 6.45) is 4.90. The number of aromatic nitrogens is 1. The van der Waals surface area contributed by atoms with Crippen LogP contribution in [-0.4, -0.2) is 23.5 Å². The number of hydrogen-bond acceptors (Lipinski definition) is 7. The highest BCUT2D eigenvalue weighted by atomic mass is 16.7. The standard InChI is InChI=1S/C22H13NO6/c24-21-16-3-2-15(11-18(16)29-20(21)9-13-5-7-23-8-6-13)28-22(25)14-1-4-17-19(10-14)27-12-26-17/h1-11H,12H2/b20-9-. The third-order valence-electron chi connectivity index (χ3n) is 4.46. The van der Waals surface area contributed by atoms with Crippen LogP contribution in [0.15, 0.2) is 66.7 Å². The monoisotopic (exact) mass is 387 g/mol. The molecule has 7 heteroatoms. The van der Waals surface area contributed by atoms with Crippen molar-refractivity contribution in [2.24, 2.45) is 0 Å². The maximum Gasteiger partial charge on any atom is 0.343 e. The van der Waals surface area contributed by atoms with Crippen molar-refractivity contribution >= 4 is 17.8 Å². The predicted molar refractivity (Wildman–Crippen MR) is 101 cm³/mol. The minimum absolute atomic E-state index is 0.124. The molecule has 0 aliphatic carbocycles. The van der Waals surface area contributed by atoms with E-state index in [-0.39, 0.29) is 24.1 Å². The number of carbonyl (C=O) groups excluding carboxylic acids is 2. The minimum Gasteiger partial charge on any atom is -0.454 e. The summed E-state index contributed by atoms with van der Waals surface area (Å²) in [7, 11) is 0. The number of ether oxygens (including phenoxy) is 4. The second-order valence-electron chi connectivity index (χ2n) is 6.34. The maximum absolute atomic E-state index is 12.5. The molecule has 0 amide bonds. The molecule has 142 valence electrons. The number of ketones is 1. The number of nitrogens with zero attached hydrogens (tertiary/aromatic N) is 1. The zero-order valence-corrected chi connectivity index (χ0v) is 15.0. The van der Waals surface area contributed by atoms with Gasteiger partial charge in [-0.1, -0.05) is 0 Å². The van der Waals surface area contributed by atoms with Gasteiger partial charge in [-0.2, -0.15) is 0 Å². The molecule has 0 atom stereocenters. The lowest BCUT2D eigenvalue weighted by atomic mass is 10.1. The van der Waals surface area contributed by atoms with Crippen molar-refractivity contribution in [3.63, 3.8) is 0 Å². The molecule has 7 nitrogen and oxygen atoms in total. The van der Waals surface area contributed by atoms with Gasteiger partial charge >= 0.3 is 5.97 Å². The van der Waals surface area contributed by atoms with Gasteiger partial charge in [-0.15, -0.1) is 0 Å². The first kappa shape index (κ1) is 17.0. The first-order chi connectivity index (χ1) is 14.2. The predicted octanol–water partition coefficient (Wildman–Crippen LogP) is 3.65. The fourth-order valence-corrected chi connectivity index (χ4v) is 3.03. The van der Waals surface area contributed by atoms with Crippen LogP contribution in [0.4, 0.5) is 0 Å². The highest BCUT2D eigenvalue weighted by molar-refractivity contribution is 6.14. The Kier molecular flexibility index (Phi) is 3.98. The van der Waals surface area contributed by atoms with Crippen LogP contribution in [0.3, 0.4) is 0 Å². The van der Waals surface area contributed by atoms with Crippen LogP contribution < -0.4 is 18.9 Å². The van der Waals surface area contributed by atoms with Crippen LogP contribution in [-0.2, 0) is 0 Å². The molecule has 3 aromatic rings.